The second-order valence-corrected chi connectivity index (χ2v) is 5.58. The van der Waals surface area contributed by atoms with Crippen molar-refractivity contribution in [3.05, 3.63) is 53.6 Å². The molecule has 0 radical (unpaired) electrons. The van der Waals surface area contributed by atoms with Crippen LogP contribution in [0.25, 0.3) is 0 Å². The van der Waals surface area contributed by atoms with E-state index in [-0.39, 0.29) is 5.91 Å². The van der Waals surface area contributed by atoms with E-state index >= 15 is 0 Å². The Morgan fingerprint density at radius 3 is 2.77 bits per heavy atom. The fourth-order valence-electron chi connectivity index (χ4n) is 3.07. The average molecular weight is 295 g/mol. The number of hydrogen-bond donors (Lipinski definition) is 0. The highest BCUT2D eigenvalue weighted by molar-refractivity contribution is 5.96. The minimum Gasteiger partial charge on any atom is -0.486 e. The smallest absolute Gasteiger partial charge is 0.231 e. The maximum absolute atomic E-state index is 12.6. The third-order valence-corrected chi connectivity index (χ3v) is 4.15. The highest BCUT2D eigenvalue weighted by Gasteiger charge is 2.24. The molecule has 0 atom stereocenters. The van der Waals surface area contributed by atoms with Crippen LogP contribution in [0.15, 0.2) is 42.5 Å². The van der Waals surface area contributed by atoms with E-state index in [2.05, 4.69) is 6.07 Å². The third-order valence-electron chi connectivity index (χ3n) is 4.15. The number of amides is 1. The first-order valence-electron chi connectivity index (χ1n) is 7.58. The van der Waals surface area contributed by atoms with Gasteiger partial charge in [-0.15, -0.1) is 0 Å². The predicted octanol–water partition coefficient (Wildman–Crippen LogP) is 2.59. The molecule has 112 valence electrons. The standard InChI is InChI=1S/C18H17NO3/c20-18(19-8-7-14-3-1-2-4-15(14)19)12-13-5-6-16-17(11-13)22-10-9-21-16/h1-6,11H,7-10,12H2. The number of carbonyl (C=O) groups excluding carboxylic acids is 1. The van der Waals surface area contributed by atoms with E-state index in [1.807, 2.05) is 41.3 Å². The zero-order chi connectivity index (χ0) is 14.9. The molecule has 0 bridgehead atoms. The van der Waals surface area contributed by atoms with E-state index in [0.717, 1.165) is 35.7 Å². The molecule has 4 rings (SSSR count). The van der Waals surface area contributed by atoms with Crippen LogP contribution in [0.3, 0.4) is 0 Å². The molecule has 2 aromatic carbocycles. The first-order chi connectivity index (χ1) is 10.8. The van der Waals surface area contributed by atoms with Crippen molar-refractivity contribution in [3.8, 4) is 11.5 Å². The number of carbonyl (C=O) groups is 1. The molecule has 1 amide bonds. The first kappa shape index (κ1) is 13.2. The van der Waals surface area contributed by atoms with Gasteiger partial charge >= 0.3 is 0 Å². The largest absolute Gasteiger partial charge is 0.486 e. The Bertz CT molecular complexity index is 726. The van der Waals surface area contributed by atoms with Gasteiger partial charge in [-0.1, -0.05) is 24.3 Å². The van der Waals surface area contributed by atoms with Crippen molar-refractivity contribution in [2.24, 2.45) is 0 Å². The Kier molecular flexibility index (Phi) is 3.22. The van der Waals surface area contributed by atoms with Gasteiger partial charge in [0.25, 0.3) is 0 Å². The van der Waals surface area contributed by atoms with Gasteiger partial charge in [-0.25, -0.2) is 0 Å². The van der Waals surface area contributed by atoms with Crippen LogP contribution in [0, 0.1) is 0 Å². The summed E-state index contributed by atoms with van der Waals surface area (Å²) < 4.78 is 11.1. The average Bonchev–Trinajstić information content (AvgIpc) is 2.99. The fourth-order valence-corrected chi connectivity index (χ4v) is 3.07. The molecule has 22 heavy (non-hydrogen) atoms. The quantitative estimate of drug-likeness (QED) is 0.855. The van der Waals surface area contributed by atoms with E-state index in [0.29, 0.717) is 19.6 Å². The third kappa shape index (κ3) is 2.30. The van der Waals surface area contributed by atoms with Crippen LogP contribution in [0.2, 0.25) is 0 Å². The monoisotopic (exact) mass is 295 g/mol. The molecule has 0 saturated carbocycles. The maximum Gasteiger partial charge on any atom is 0.231 e. The molecule has 0 N–H and O–H groups in total. The molecule has 0 aliphatic carbocycles. The van der Waals surface area contributed by atoms with Crippen molar-refractivity contribution >= 4 is 11.6 Å². The van der Waals surface area contributed by atoms with Gasteiger partial charge in [-0.05, 0) is 35.7 Å². The molecule has 2 heterocycles. The van der Waals surface area contributed by atoms with Crippen LogP contribution in [0.4, 0.5) is 5.69 Å². The Hall–Kier alpha value is -2.49. The number of benzene rings is 2. The van der Waals surface area contributed by atoms with Crippen molar-refractivity contribution in [1.82, 2.24) is 0 Å². The highest BCUT2D eigenvalue weighted by atomic mass is 16.6. The van der Waals surface area contributed by atoms with Gasteiger partial charge in [-0.3, -0.25) is 4.79 Å². The molecular weight excluding hydrogens is 278 g/mol. The molecule has 4 heteroatoms. The highest BCUT2D eigenvalue weighted by Crippen LogP contribution is 2.32. The van der Waals surface area contributed by atoms with Crippen molar-refractivity contribution in [2.75, 3.05) is 24.7 Å². The summed E-state index contributed by atoms with van der Waals surface area (Å²) in [6, 6.07) is 13.8. The van der Waals surface area contributed by atoms with Crippen molar-refractivity contribution in [2.45, 2.75) is 12.8 Å². The predicted molar refractivity (Wildman–Crippen MR) is 83.6 cm³/mol. The van der Waals surface area contributed by atoms with Crippen LogP contribution < -0.4 is 14.4 Å². The second-order valence-electron chi connectivity index (χ2n) is 5.58. The van der Waals surface area contributed by atoms with Crippen LogP contribution in [0.5, 0.6) is 11.5 Å². The van der Waals surface area contributed by atoms with Crippen LogP contribution in [-0.4, -0.2) is 25.7 Å². The van der Waals surface area contributed by atoms with E-state index in [1.54, 1.807) is 0 Å². The lowest BCUT2D eigenvalue weighted by Gasteiger charge is -2.20. The van der Waals surface area contributed by atoms with Crippen molar-refractivity contribution in [1.29, 1.82) is 0 Å². The Balaban J connectivity index is 1.53. The van der Waals surface area contributed by atoms with Gasteiger partial charge in [-0.2, -0.15) is 0 Å². The van der Waals surface area contributed by atoms with E-state index < -0.39 is 0 Å². The summed E-state index contributed by atoms with van der Waals surface area (Å²) in [4.78, 5) is 14.5. The van der Waals surface area contributed by atoms with Gasteiger partial charge < -0.3 is 14.4 Å². The summed E-state index contributed by atoms with van der Waals surface area (Å²) in [6.45, 7) is 1.91. The van der Waals surface area contributed by atoms with E-state index in [9.17, 15) is 4.79 Å². The maximum atomic E-state index is 12.6. The molecule has 0 fully saturated rings. The summed E-state index contributed by atoms with van der Waals surface area (Å²) >= 11 is 0. The molecule has 0 aromatic heterocycles. The zero-order valence-electron chi connectivity index (χ0n) is 12.2. The van der Waals surface area contributed by atoms with Gasteiger partial charge in [0.2, 0.25) is 5.91 Å². The van der Waals surface area contributed by atoms with Crippen LogP contribution in [-0.2, 0) is 17.6 Å². The summed E-state index contributed by atoms with van der Waals surface area (Å²) in [6.07, 6.45) is 1.31. The van der Waals surface area contributed by atoms with E-state index in [1.165, 1.54) is 5.56 Å². The van der Waals surface area contributed by atoms with Gasteiger partial charge in [0.1, 0.15) is 13.2 Å². The minimum absolute atomic E-state index is 0.127. The molecule has 2 aromatic rings. The number of ether oxygens (including phenoxy) is 2. The number of para-hydroxylation sites is 1. The number of fused-ring (bicyclic) bond motifs is 2. The SMILES string of the molecule is O=C(Cc1ccc2c(c1)OCCO2)N1CCc2ccccc21. The second kappa shape index (κ2) is 5.37. The number of hydrogen-bond acceptors (Lipinski definition) is 3. The van der Waals surface area contributed by atoms with Crippen molar-refractivity contribution < 1.29 is 14.3 Å². The van der Waals surface area contributed by atoms with Gasteiger partial charge in [0.05, 0.1) is 6.42 Å². The number of rotatable bonds is 2. The van der Waals surface area contributed by atoms with Crippen LogP contribution >= 0.6 is 0 Å². The lowest BCUT2D eigenvalue weighted by Crippen LogP contribution is -2.30. The summed E-state index contributed by atoms with van der Waals surface area (Å²) in [5.41, 5.74) is 3.25. The molecule has 2 aliphatic heterocycles. The Labute approximate surface area is 129 Å². The van der Waals surface area contributed by atoms with Crippen LogP contribution in [0.1, 0.15) is 11.1 Å². The normalized spacial score (nSPS) is 15.5. The lowest BCUT2D eigenvalue weighted by atomic mass is 10.1. The molecule has 0 saturated heterocycles. The van der Waals surface area contributed by atoms with Crippen molar-refractivity contribution in [3.63, 3.8) is 0 Å². The zero-order valence-corrected chi connectivity index (χ0v) is 12.2. The summed E-state index contributed by atoms with van der Waals surface area (Å²) in [7, 11) is 0. The number of nitrogens with zero attached hydrogens (tertiary/aromatic N) is 1. The summed E-state index contributed by atoms with van der Waals surface area (Å²) in [5.74, 6) is 1.62. The molecule has 2 aliphatic rings. The first-order valence-corrected chi connectivity index (χ1v) is 7.58. The Morgan fingerprint density at radius 1 is 1.05 bits per heavy atom. The lowest BCUT2D eigenvalue weighted by molar-refractivity contribution is -0.117. The number of anilines is 1. The molecule has 0 spiro atoms. The minimum atomic E-state index is 0.127. The summed E-state index contributed by atoms with van der Waals surface area (Å²) in [5, 5.41) is 0. The van der Waals surface area contributed by atoms with Gasteiger partial charge in [0, 0.05) is 12.2 Å². The van der Waals surface area contributed by atoms with E-state index in [4.69, 9.17) is 9.47 Å². The fraction of sp³-hybridized carbons (Fsp3) is 0.278. The van der Waals surface area contributed by atoms with Gasteiger partial charge in [0.15, 0.2) is 11.5 Å². The Morgan fingerprint density at radius 2 is 1.86 bits per heavy atom. The molecular formula is C18H17NO3. The molecule has 4 nitrogen and oxygen atoms in total. The topological polar surface area (TPSA) is 38.8 Å². The molecule has 0 unspecified atom stereocenters.